The van der Waals surface area contributed by atoms with Crippen molar-refractivity contribution in [2.75, 3.05) is 12.4 Å². The summed E-state index contributed by atoms with van der Waals surface area (Å²) in [6, 6.07) is 1.77. The van der Waals surface area contributed by atoms with Crippen molar-refractivity contribution in [2.24, 2.45) is 5.92 Å². The molecule has 1 aliphatic carbocycles. The van der Waals surface area contributed by atoms with Crippen LogP contribution in [0.2, 0.25) is 5.02 Å². The second kappa shape index (κ2) is 7.78. The Hall–Kier alpha value is -2.62. The van der Waals surface area contributed by atoms with Crippen molar-refractivity contribution in [3.05, 3.63) is 45.5 Å². The maximum absolute atomic E-state index is 12.6. The lowest BCUT2D eigenvalue weighted by molar-refractivity contribution is -0.145. The normalized spacial score (nSPS) is 19.5. The molecule has 28 heavy (non-hydrogen) atoms. The number of alkyl halides is 3. The Balaban J connectivity index is 1.78. The number of carbonyl (C=O) groups is 1. The Morgan fingerprint density at radius 3 is 2.68 bits per heavy atom. The van der Waals surface area contributed by atoms with Crippen LogP contribution in [0.25, 0.3) is 5.82 Å². The molecule has 0 radical (unpaired) electrons. The van der Waals surface area contributed by atoms with E-state index in [-0.39, 0.29) is 34.5 Å². The van der Waals surface area contributed by atoms with Crippen molar-refractivity contribution >= 4 is 23.3 Å². The summed E-state index contributed by atoms with van der Waals surface area (Å²) in [5.41, 5.74) is -1.37. The van der Waals surface area contributed by atoms with Crippen molar-refractivity contribution < 1.29 is 22.7 Å². The van der Waals surface area contributed by atoms with Gasteiger partial charge in [-0.25, -0.2) is 4.98 Å². The van der Waals surface area contributed by atoms with Gasteiger partial charge >= 0.3 is 12.1 Å². The minimum atomic E-state index is -4.53. The van der Waals surface area contributed by atoms with Gasteiger partial charge in [-0.3, -0.25) is 9.59 Å². The van der Waals surface area contributed by atoms with E-state index in [2.05, 4.69) is 15.4 Å². The Morgan fingerprint density at radius 1 is 1.32 bits per heavy atom. The standard InChI is InChI=1S/C17H16ClF3N4O3/c1-28-16(27)9-2-4-11(6-9)24-12-8-23-25(15(26)14(12)18)13-5-3-10(7-22-13)17(19,20)21/h3,5,7-9,11,24H,2,4,6H2,1H3/t9-,11+/m0/s1. The number of nitrogens with zero attached hydrogens (tertiary/aromatic N) is 3. The highest BCUT2D eigenvalue weighted by Crippen LogP contribution is 2.31. The molecule has 0 spiro atoms. The van der Waals surface area contributed by atoms with Crippen LogP contribution in [0.1, 0.15) is 24.8 Å². The number of methoxy groups -OCH3 is 1. The lowest BCUT2D eigenvalue weighted by Gasteiger charge is -2.15. The first kappa shape index (κ1) is 20.1. The minimum absolute atomic E-state index is 0.0807. The maximum atomic E-state index is 12.6. The predicted octanol–water partition coefficient (Wildman–Crippen LogP) is 3.05. The van der Waals surface area contributed by atoms with Gasteiger partial charge in [0.25, 0.3) is 5.56 Å². The highest BCUT2D eigenvalue weighted by atomic mass is 35.5. The van der Waals surface area contributed by atoms with Gasteiger partial charge in [-0.15, -0.1) is 0 Å². The monoisotopic (exact) mass is 416 g/mol. The van der Waals surface area contributed by atoms with E-state index in [4.69, 9.17) is 16.3 Å². The maximum Gasteiger partial charge on any atom is 0.417 e. The summed E-state index contributed by atoms with van der Waals surface area (Å²) in [6.45, 7) is 0. The van der Waals surface area contributed by atoms with Crippen LogP contribution in [-0.2, 0) is 15.7 Å². The minimum Gasteiger partial charge on any atom is -0.469 e. The van der Waals surface area contributed by atoms with Crippen molar-refractivity contribution in [3.63, 3.8) is 0 Å². The summed E-state index contributed by atoms with van der Waals surface area (Å²) in [5, 5.41) is 6.85. The lowest BCUT2D eigenvalue weighted by Crippen LogP contribution is -2.26. The van der Waals surface area contributed by atoms with E-state index in [0.29, 0.717) is 25.5 Å². The number of carbonyl (C=O) groups excluding carboxylic acids is 1. The van der Waals surface area contributed by atoms with Gasteiger partial charge in [0.05, 0.1) is 30.5 Å². The lowest BCUT2D eigenvalue weighted by atomic mass is 10.1. The highest BCUT2D eigenvalue weighted by molar-refractivity contribution is 6.32. The fraction of sp³-hybridized carbons (Fsp3) is 0.412. The number of hydrogen-bond acceptors (Lipinski definition) is 6. The van der Waals surface area contributed by atoms with Crippen LogP contribution in [-0.4, -0.2) is 33.9 Å². The molecule has 1 saturated carbocycles. The topological polar surface area (TPSA) is 86.1 Å². The summed E-state index contributed by atoms with van der Waals surface area (Å²) in [6.07, 6.45) is -0.726. The van der Waals surface area contributed by atoms with E-state index in [1.807, 2.05) is 0 Å². The van der Waals surface area contributed by atoms with Gasteiger partial charge in [-0.1, -0.05) is 11.6 Å². The number of pyridine rings is 1. The number of aromatic nitrogens is 3. The summed E-state index contributed by atoms with van der Waals surface area (Å²) < 4.78 is 43.4. The molecule has 1 N–H and O–H groups in total. The average Bonchev–Trinajstić information content (AvgIpc) is 3.13. The second-order valence-corrected chi connectivity index (χ2v) is 6.74. The van der Waals surface area contributed by atoms with Crippen molar-refractivity contribution in [2.45, 2.75) is 31.5 Å². The van der Waals surface area contributed by atoms with E-state index in [9.17, 15) is 22.8 Å². The van der Waals surface area contributed by atoms with E-state index < -0.39 is 17.3 Å². The van der Waals surface area contributed by atoms with E-state index in [1.54, 1.807) is 0 Å². The van der Waals surface area contributed by atoms with Gasteiger partial charge in [0.2, 0.25) is 0 Å². The summed E-state index contributed by atoms with van der Waals surface area (Å²) in [4.78, 5) is 27.7. The smallest absolute Gasteiger partial charge is 0.417 e. The third kappa shape index (κ3) is 4.11. The highest BCUT2D eigenvalue weighted by Gasteiger charge is 2.32. The SMILES string of the molecule is COC(=O)[C@H]1CC[C@@H](Nc2cnn(-c3ccc(C(F)(F)F)cn3)c(=O)c2Cl)C1. The Kier molecular flexibility index (Phi) is 5.59. The molecule has 0 unspecified atom stereocenters. The fourth-order valence-corrected chi connectivity index (χ4v) is 3.27. The van der Waals surface area contributed by atoms with E-state index in [1.165, 1.54) is 13.3 Å². The number of anilines is 1. The van der Waals surface area contributed by atoms with Crippen LogP contribution in [0, 0.1) is 5.92 Å². The zero-order valence-corrected chi connectivity index (χ0v) is 15.4. The first-order valence-electron chi connectivity index (χ1n) is 8.36. The number of esters is 1. The zero-order valence-electron chi connectivity index (χ0n) is 14.7. The van der Waals surface area contributed by atoms with Gasteiger partial charge in [0, 0.05) is 12.2 Å². The third-order valence-corrected chi connectivity index (χ3v) is 4.90. The Bertz CT molecular complexity index is 931. The molecule has 2 aromatic rings. The number of hydrogen-bond donors (Lipinski definition) is 1. The van der Waals surface area contributed by atoms with Gasteiger partial charge in [0.1, 0.15) is 5.02 Å². The molecule has 2 heterocycles. The number of ether oxygens (including phenoxy) is 1. The second-order valence-electron chi connectivity index (χ2n) is 6.37. The molecule has 7 nitrogen and oxygen atoms in total. The fourth-order valence-electron chi connectivity index (χ4n) is 3.09. The number of halogens is 4. The summed E-state index contributed by atoms with van der Waals surface area (Å²) >= 11 is 6.12. The van der Waals surface area contributed by atoms with Crippen molar-refractivity contribution in [3.8, 4) is 5.82 Å². The van der Waals surface area contributed by atoms with Crippen LogP contribution in [0.15, 0.2) is 29.3 Å². The largest absolute Gasteiger partial charge is 0.469 e. The molecular weight excluding hydrogens is 401 g/mol. The molecule has 0 aliphatic heterocycles. The first-order chi connectivity index (χ1) is 13.2. The van der Waals surface area contributed by atoms with Gasteiger partial charge in [-0.2, -0.15) is 23.0 Å². The van der Waals surface area contributed by atoms with Crippen molar-refractivity contribution in [1.82, 2.24) is 14.8 Å². The molecule has 1 fully saturated rings. The molecule has 3 rings (SSSR count). The van der Waals surface area contributed by atoms with Crippen LogP contribution in [0.4, 0.5) is 18.9 Å². The van der Waals surface area contributed by atoms with E-state index >= 15 is 0 Å². The van der Waals surface area contributed by atoms with Gasteiger partial charge in [0.15, 0.2) is 5.82 Å². The molecule has 2 atom stereocenters. The van der Waals surface area contributed by atoms with Gasteiger partial charge in [-0.05, 0) is 31.4 Å². The van der Waals surface area contributed by atoms with Gasteiger partial charge < -0.3 is 10.1 Å². The molecule has 0 aromatic carbocycles. The molecule has 0 amide bonds. The molecule has 1 aliphatic rings. The number of nitrogens with one attached hydrogen (secondary N) is 1. The van der Waals surface area contributed by atoms with Crippen LogP contribution in [0.5, 0.6) is 0 Å². The molecule has 11 heteroatoms. The molecular formula is C17H16ClF3N4O3. The zero-order chi connectivity index (χ0) is 20.5. The Morgan fingerprint density at radius 2 is 2.07 bits per heavy atom. The summed E-state index contributed by atoms with van der Waals surface area (Å²) in [7, 11) is 1.33. The summed E-state index contributed by atoms with van der Waals surface area (Å²) in [5.74, 6) is -0.582. The van der Waals surface area contributed by atoms with Crippen molar-refractivity contribution in [1.29, 1.82) is 0 Å². The van der Waals surface area contributed by atoms with E-state index in [0.717, 1.165) is 16.8 Å². The van der Waals surface area contributed by atoms with Crippen LogP contribution >= 0.6 is 11.6 Å². The molecule has 0 bridgehead atoms. The van der Waals surface area contributed by atoms with Crippen LogP contribution in [0.3, 0.4) is 0 Å². The van der Waals surface area contributed by atoms with Crippen LogP contribution < -0.4 is 10.9 Å². The predicted molar refractivity (Wildman–Crippen MR) is 94.4 cm³/mol. The molecule has 150 valence electrons. The molecule has 0 saturated heterocycles. The average molecular weight is 417 g/mol. The first-order valence-corrected chi connectivity index (χ1v) is 8.74. The Labute approximate surface area is 162 Å². The quantitative estimate of drug-likeness (QED) is 0.771. The third-order valence-electron chi connectivity index (χ3n) is 4.54. The molecule has 2 aromatic heterocycles. The number of rotatable bonds is 4.